The second-order valence-electron chi connectivity index (χ2n) is 4.88. The van der Waals surface area contributed by atoms with Crippen LogP contribution >= 0.6 is 11.6 Å². The van der Waals surface area contributed by atoms with Gasteiger partial charge in [-0.2, -0.15) is 5.10 Å². The number of rotatable bonds is 5. The van der Waals surface area contributed by atoms with Gasteiger partial charge in [0, 0.05) is 23.7 Å². The first-order valence-electron chi connectivity index (χ1n) is 7.13. The summed E-state index contributed by atoms with van der Waals surface area (Å²) in [5.74, 6) is 0. The van der Waals surface area contributed by atoms with Crippen molar-refractivity contribution in [3.63, 3.8) is 0 Å². The Balaban J connectivity index is 2.10. The molecule has 0 unspecified atom stereocenters. The Bertz CT molecular complexity index is 735. The lowest BCUT2D eigenvalue weighted by molar-refractivity contribution is 0.888. The first-order valence-corrected chi connectivity index (χ1v) is 7.50. The van der Waals surface area contributed by atoms with Crippen LogP contribution in [0.4, 0.5) is 5.69 Å². The predicted octanol–water partition coefficient (Wildman–Crippen LogP) is 3.56. The Morgan fingerprint density at radius 1 is 1.05 bits per heavy atom. The topological polar surface area (TPSA) is 55.9 Å². The van der Waals surface area contributed by atoms with E-state index in [1.54, 1.807) is 0 Å². The van der Waals surface area contributed by atoms with Crippen LogP contribution in [0.2, 0.25) is 5.02 Å². The third kappa shape index (κ3) is 2.98. The average Bonchev–Trinajstić information content (AvgIpc) is 2.98. The molecular weight excluding hydrogens is 296 g/mol. The molecule has 0 aliphatic carbocycles. The molecule has 4 nitrogen and oxygen atoms in total. The Morgan fingerprint density at radius 2 is 1.77 bits per heavy atom. The zero-order valence-electron chi connectivity index (χ0n) is 12.0. The normalized spacial score (nSPS) is 10.6. The number of nitrogens with zero attached hydrogens (tertiary/aromatic N) is 2. The summed E-state index contributed by atoms with van der Waals surface area (Å²) < 4.78 is 1.91. The fourth-order valence-electron chi connectivity index (χ4n) is 2.34. The van der Waals surface area contributed by atoms with E-state index in [-0.39, 0.29) is 0 Å². The second-order valence-corrected chi connectivity index (χ2v) is 5.31. The molecule has 0 amide bonds. The fraction of sp³-hybridized carbons (Fsp3) is 0.118. The van der Waals surface area contributed by atoms with Gasteiger partial charge in [0.25, 0.3) is 0 Å². The number of aromatic nitrogens is 2. The molecule has 1 heterocycles. The molecule has 0 saturated heterocycles. The van der Waals surface area contributed by atoms with Gasteiger partial charge in [-0.25, -0.2) is 4.68 Å². The van der Waals surface area contributed by atoms with Crippen LogP contribution in [0.15, 0.2) is 60.8 Å². The van der Waals surface area contributed by atoms with Crippen LogP contribution in [0.25, 0.3) is 16.9 Å². The quantitative estimate of drug-likeness (QED) is 0.757. The second kappa shape index (κ2) is 6.64. The monoisotopic (exact) mass is 312 g/mol. The highest BCUT2D eigenvalue weighted by atomic mass is 35.5. The summed E-state index contributed by atoms with van der Waals surface area (Å²) in [5, 5.41) is 8.55. The summed E-state index contributed by atoms with van der Waals surface area (Å²) in [7, 11) is 0. The van der Waals surface area contributed by atoms with Crippen molar-refractivity contribution in [3.8, 4) is 16.9 Å². The van der Waals surface area contributed by atoms with Crippen LogP contribution in [0.5, 0.6) is 0 Å². The molecule has 0 radical (unpaired) electrons. The van der Waals surface area contributed by atoms with Gasteiger partial charge in [0.05, 0.1) is 23.3 Å². The highest BCUT2D eigenvalue weighted by Crippen LogP contribution is 2.30. The van der Waals surface area contributed by atoms with Crippen LogP contribution in [0.1, 0.15) is 0 Å². The number of halogens is 1. The van der Waals surface area contributed by atoms with Crippen LogP contribution < -0.4 is 11.1 Å². The molecule has 3 rings (SSSR count). The van der Waals surface area contributed by atoms with Crippen molar-refractivity contribution in [2.45, 2.75) is 0 Å². The van der Waals surface area contributed by atoms with E-state index < -0.39 is 0 Å². The van der Waals surface area contributed by atoms with Gasteiger partial charge in [-0.15, -0.1) is 0 Å². The van der Waals surface area contributed by atoms with Crippen molar-refractivity contribution < 1.29 is 0 Å². The number of hydrogen-bond acceptors (Lipinski definition) is 3. The van der Waals surface area contributed by atoms with Gasteiger partial charge in [-0.1, -0.05) is 41.9 Å². The molecule has 3 aromatic rings. The zero-order chi connectivity index (χ0) is 15.4. The molecule has 0 fully saturated rings. The van der Waals surface area contributed by atoms with Crippen molar-refractivity contribution in [3.05, 3.63) is 65.8 Å². The SMILES string of the molecule is NCCNc1cnn(-c2ccc(Cl)cc2)c1-c1ccccc1. The van der Waals surface area contributed by atoms with Crippen molar-refractivity contribution in [2.24, 2.45) is 5.73 Å². The number of anilines is 1. The summed E-state index contributed by atoms with van der Waals surface area (Å²) in [5.41, 5.74) is 9.62. The third-order valence-corrected chi connectivity index (χ3v) is 3.60. The number of nitrogens with one attached hydrogen (secondary N) is 1. The fourth-order valence-corrected chi connectivity index (χ4v) is 2.46. The third-order valence-electron chi connectivity index (χ3n) is 3.35. The van der Waals surface area contributed by atoms with Gasteiger partial charge in [-0.05, 0) is 24.3 Å². The Labute approximate surface area is 134 Å². The summed E-state index contributed by atoms with van der Waals surface area (Å²) >= 11 is 5.97. The van der Waals surface area contributed by atoms with Crippen molar-refractivity contribution in [1.82, 2.24) is 9.78 Å². The smallest absolute Gasteiger partial charge is 0.0972 e. The van der Waals surface area contributed by atoms with E-state index in [0.717, 1.165) is 22.6 Å². The summed E-state index contributed by atoms with van der Waals surface area (Å²) in [6.07, 6.45) is 1.83. The standard InChI is InChI=1S/C17H17ClN4/c18-14-6-8-15(9-7-14)22-17(13-4-2-1-3-5-13)16(12-21-22)20-11-10-19/h1-9,12,20H,10-11,19H2. The molecule has 0 atom stereocenters. The molecule has 0 spiro atoms. The number of hydrogen-bond donors (Lipinski definition) is 2. The molecule has 1 aromatic heterocycles. The van der Waals surface area contributed by atoms with Crippen molar-refractivity contribution >= 4 is 17.3 Å². The molecule has 0 aliphatic rings. The summed E-state index contributed by atoms with van der Waals surface area (Å²) in [6.45, 7) is 1.27. The van der Waals surface area contributed by atoms with Crippen LogP contribution in [-0.4, -0.2) is 22.9 Å². The lowest BCUT2D eigenvalue weighted by atomic mass is 10.1. The summed E-state index contributed by atoms with van der Waals surface area (Å²) in [6, 6.07) is 17.8. The Morgan fingerprint density at radius 3 is 2.45 bits per heavy atom. The van der Waals surface area contributed by atoms with E-state index in [1.807, 2.05) is 53.3 Å². The van der Waals surface area contributed by atoms with E-state index >= 15 is 0 Å². The molecule has 0 aliphatic heterocycles. The molecule has 112 valence electrons. The minimum Gasteiger partial charge on any atom is -0.381 e. The Kier molecular flexibility index (Phi) is 4.42. The van der Waals surface area contributed by atoms with Gasteiger partial charge in [0.15, 0.2) is 0 Å². The van der Waals surface area contributed by atoms with Gasteiger partial charge in [0.2, 0.25) is 0 Å². The van der Waals surface area contributed by atoms with E-state index in [9.17, 15) is 0 Å². The van der Waals surface area contributed by atoms with E-state index in [2.05, 4.69) is 22.5 Å². The molecule has 0 bridgehead atoms. The highest BCUT2D eigenvalue weighted by molar-refractivity contribution is 6.30. The minimum atomic E-state index is 0.570. The van der Waals surface area contributed by atoms with Crippen LogP contribution in [0.3, 0.4) is 0 Å². The largest absolute Gasteiger partial charge is 0.381 e. The average molecular weight is 313 g/mol. The van der Waals surface area contributed by atoms with Gasteiger partial charge in [-0.3, -0.25) is 0 Å². The number of benzene rings is 2. The highest BCUT2D eigenvalue weighted by Gasteiger charge is 2.13. The van der Waals surface area contributed by atoms with E-state index in [0.29, 0.717) is 18.1 Å². The Hall–Kier alpha value is -2.30. The molecule has 0 saturated carbocycles. The van der Waals surface area contributed by atoms with Gasteiger partial charge < -0.3 is 11.1 Å². The van der Waals surface area contributed by atoms with Crippen LogP contribution in [0, 0.1) is 0 Å². The minimum absolute atomic E-state index is 0.570. The molecule has 5 heteroatoms. The van der Waals surface area contributed by atoms with Crippen LogP contribution in [-0.2, 0) is 0 Å². The van der Waals surface area contributed by atoms with Gasteiger partial charge in [0.1, 0.15) is 0 Å². The first kappa shape index (κ1) is 14.6. The molecule has 2 aromatic carbocycles. The predicted molar refractivity (Wildman–Crippen MR) is 91.6 cm³/mol. The van der Waals surface area contributed by atoms with Crippen molar-refractivity contribution in [1.29, 1.82) is 0 Å². The maximum absolute atomic E-state index is 5.97. The lowest BCUT2D eigenvalue weighted by Crippen LogP contribution is -2.13. The lowest BCUT2D eigenvalue weighted by Gasteiger charge is -2.11. The van der Waals surface area contributed by atoms with E-state index in [1.165, 1.54) is 0 Å². The summed E-state index contributed by atoms with van der Waals surface area (Å²) in [4.78, 5) is 0. The molecular formula is C17H17ClN4. The van der Waals surface area contributed by atoms with Crippen molar-refractivity contribution in [2.75, 3.05) is 18.4 Å². The number of nitrogens with two attached hydrogens (primary N) is 1. The molecule has 3 N–H and O–H groups in total. The maximum atomic E-state index is 5.97. The van der Waals surface area contributed by atoms with Gasteiger partial charge >= 0.3 is 0 Å². The maximum Gasteiger partial charge on any atom is 0.0972 e. The first-order chi connectivity index (χ1) is 10.8. The molecule has 22 heavy (non-hydrogen) atoms. The zero-order valence-corrected chi connectivity index (χ0v) is 12.8. The van der Waals surface area contributed by atoms with E-state index in [4.69, 9.17) is 17.3 Å².